The molecule has 84 valence electrons. The minimum absolute atomic E-state index is 0.0783. The van der Waals surface area contributed by atoms with E-state index in [-0.39, 0.29) is 17.9 Å². The molecule has 2 nitrogen and oxygen atoms in total. The van der Waals surface area contributed by atoms with Crippen molar-refractivity contribution in [2.45, 2.75) is 6.54 Å². The molecule has 1 rings (SSSR count). The SMILES string of the molecule is COc1cc(F)c(CNCCS)cc1F. The Balaban J connectivity index is 2.76. The highest BCUT2D eigenvalue weighted by Gasteiger charge is 2.09. The van der Waals surface area contributed by atoms with Crippen molar-refractivity contribution in [1.82, 2.24) is 5.32 Å². The van der Waals surface area contributed by atoms with Crippen molar-refractivity contribution in [3.05, 3.63) is 29.3 Å². The van der Waals surface area contributed by atoms with Gasteiger partial charge < -0.3 is 10.1 Å². The van der Waals surface area contributed by atoms with Crippen LogP contribution in [0.5, 0.6) is 5.75 Å². The van der Waals surface area contributed by atoms with Crippen molar-refractivity contribution in [3.63, 3.8) is 0 Å². The van der Waals surface area contributed by atoms with E-state index in [0.29, 0.717) is 12.3 Å². The first kappa shape index (κ1) is 12.3. The third-order valence-electron chi connectivity index (χ3n) is 1.92. The number of methoxy groups -OCH3 is 1. The quantitative estimate of drug-likeness (QED) is 0.599. The molecule has 0 unspecified atom stereocenters. The van der Waals surface area contributed by atoms with E-state index in [1.54, 1.807) is 0 Å². The second kappa shape index (κ2) is 5.92. The number of benzene rings is 1. The van der Waals surface area contributed by atoms with Crippen LogP contribution in [0.4, 0.5) is 8.78 Å². The van der Waals surface area contributed by atoms with Crippen LogP contribution in [0, 0.1) is 11.6 Å². The summed E-state index contributed by atoms with van der Waals surface area (Å²) in [7, 11) is 1.30. The van der Waals surface area contributed by atoms with Gasteiger partial charge in [-0.05, 0) is 6.07 Å². The molecule has 0 saturated heterocycles. The largest absolute Gasteiger partial charge is 0.494 e. The van der Waals surface area contributed by atoms with Crippen molar-refractivity contribution < 1.29 is 13.5 Å². The van der Waals surface area contributed by atoms with Crippen LogP contribution in [0.1, 0.15) is 5.56 Å². The molecule has 0 aliphatic rings. The zero-order valence-corrected chi connectivity index (χ0v) is 9.28. The van der Waals surface area contributed by atoms with Gasteiger partial charge in [0.25, 0.3) is 0 Å². The van der Waals surface area contributed by atoms with Gasteiger partial charge >= 0.3 is 0 Å². The highest BCUT2D eigenvalue weighted by Crippen LogP contribution is 2.20. The summed E-state index contributed by atoms with van der Waals surface area (Å²) in [6.07, 6.45) is 0. The molecule has 1 N–H and O–H groups in total. The first-order valence-electron chi connectivity index (χ1n) is 4.52. The molecule has 0 bridgehead atoms. The molecule has 5 heteroatoms. The normalized spacial score (nSPS) is 10.4. The molecule has 1 aromatic rings. The van der Waals surface area contributed by atoms with Gasteiger partial charge in [-0.2, -0.15) is 12.6 Å². The van der Waals surface area contributed by atoms with Crippen LogP contribution < -0.4 is 10.1 Å². The van der Waals surface area contributed by atoms with E-state index in [0.717, 1.165) is 12.1 Å². The molecule has 0 aliphatic heterocycles. The summed E-state index contributed by atoms with van der Waals surface area (Å²) in [6.45, 7) is 0.934. The average Bonchev–Trinajstić information content (AvgIpc) is 2.23. The van der Waals surface area contributed by atoms with E-state index in [9.17, 15) is 8.78 Å². The number of thiol groups is 1. The van der Waals surface area contributed by atoms with Crippen molar-refractivity contribution in [2.24, 2.45) is 0 Å². The standard InChI is InChI=1S/C10H13F2NOS/c1-14-10-5-8(11)7(4-9(10)12)6-13-2-3-15/h4-5,13,15H,2-3,6H2,1H3. The molecule has 0 aromatic heterocycles. The zero-order chi connectivity index (χ0) is 11.3. The van der Waals surface area contributed by atoms with E-state index in [2.05, 4.69) is 22.7 Å². The van der Waals surface area contributed by atoms with E-state index in [4.69, 9.17) is 0 Å². The van der Waals surface area contributed by atoms with Gasteiger partial charge in [-0.1, -0.05) is 0 Å². The van der Waals surface area contributed by atoms with Gasteiger partial charge in [0.15, 0.2) is 11.6 Å². The van der Waals surface area contributed by atoms with Crippen LogP contribution in [-0.4, -0.2) is 19.4 Å². The van der Waals surface area contributed by atoms with Gasteiger partial charge in [0.05, 0.1) is 7.11 Å². The zero-order valence-electron chi connectivity index (χ0n) is 8.39. The summed E-state index contributed by atoms with van der Waals surface area (Å²) in [5.74, 6) is -0.452. The molecular formula is C10H13F2NOS. The molecule has 0 saturated carbocycles. The van der Waals surface area contributed by atoms with Gasteiger partial charge in [0.2, 0.25) is 0 Å². The molecule has 0 heterocycles. The molecule has 0 aliphatic carbocycles. The Morgan fingerprint density at radius 1 is 1.33 bits per heavy atom. The smallest absolute Gasteiger partial charge is 0.165 e. The monoisotopic (exact) mass is 233 g/mol. The number of halogens is 2. The Kier molecular flexibility index (Phi) is 4.84. The lowest BCUT2D eigenvalue weighted by atomic mass is 10.2. The Labute approximate surface area is 93.0 Å². The molecule has 0 fully saturated rings. The Bertz CT molecular complexity index is 333. The summed E-state index contributed by atoms with van der Waals surface area (Å²) >= 11 is 3.99. The summed E-state index contributed by atoms with van der Waals surface area (Å²) in [5.41, 5.74) is 0.287. The van der Waals surface area contributed by atoms with Crippen LogP contribution in [0.2, 0.25) is 0 Å². The second-order valence-electron chi connectivity index (χ2n) is 2.98. The summed E-state index contributed by atoms with van der Waals surface area (Å²) in [6, 6.07) is 2.19. The third-order valence-corrected chi connectivity index (χ3v) is 2.15. The maximum absolute atomic E-state index is 13.3. The summed E-state index contributed by atoms with van der Waals surface area (Å²) < 4.78 is 31.2. The fourth-order valence-corrected chi connectivity index (χ4v) is 1.32. The van der Waals surface area contributed by atoms with E-state index >= 15 is 0 Å². The lowest BCUT2D eigenvalue weighted by molar-refractivity contribution is 0.381. The van der Waals surface area contributed by atoms with Crippen molar-refractivity contribution in [3.8, 4) is 5.75 Å². The highest BCUT2D eigenvalue weighted by atomic mass is 32.1. The summed E-state index contributed by atoms with van der Waals surface area (Å²) in [5, 5.41) is 2.93. The minimum atomic E-state index is -0.554. The Hall–Kier alpha value is -0.810. The van der Waals surface area contributed by atoms with Crippen molar-refractivity contribution in [1.29, 1.82) is 0 Å². The van der Waals surface area contributed by atoms with Crippen molar-refractivity contribution in [2.75, 3.05) is 19.4 Å². The average molecular weight is 233 g/mol. The number of ether oxygens (including phenoxy) is 1. The predicted molar refractivity (Wildman–Crippen MR) is 58.5 cm³/mol. The van der Waals surface area contributed by atoms with Gasteiger partial charge in [-0.25, -0.2) is 8.78 Å². The number of nitrogens with one attached hydrogen (secondary N) is 1. The molecule has 0 radical (unpaired) electrons. The molecule has 0 spiro atoms. The molecule has 15 heavy (non-hydrogen) atoms. The number of rotatable bonds is 5. The van der Waals surface area contributed by atoms with Crippen LogP contribution in [0.15, 0.2) is 12.1 Å². The fraction of sp³-hybridized carbons (Fsp3) is 0.400. The van der Waals surface area contributed by atoms with Crippen LogP contribution in [-0.2, 0) is 6.54 Å². The lowest BCUT2D eigenvalue weighted by Crippen LogP contribution is -2.16. The van der Waals surface area contributed by atoms with Crippen LogP contribution >= 0.6 is 12.6 Å². The number of hydrogen-bond acceptors (Lipinski definition) is 3. The molecule has 1 aromatic carbocycles. The maximum atomic E-state index is 13.3. The van der Waals surface area contributed by atoms with E-state index in [1.165, 1.54) is 7.11 Å². The summed E-state index contributed by atoms with van der Waals surface area (Å²) in [4.78, 5) is 0. The first-order chi connectivity index (χ1) is 7.19. The van der Waals surface area contributed by atoms with Gasteiger partial charge in [0, 0.05) is 30.5 Å². The first-order valence-corrected chi connectivity index (χ1v) is 5.15. The van der Waals surface area contributed by atoms with Gasteiger partial charge in [-0.15, -0.1) is 0 Å². The number of hydrogen-bond donors (Lipinski definition) is 2. The Morgan fingerprint density at radius 2 is 2.07 bits per heavy atom. The van der Waals surface area contributed by atoms with Crippen LogP contribution in [0.25, 0.3) is 0 Å². The van der Waals surface area contributed by atoms with Gasteiger partial charge in [-0.3, -0.25) is 0 Å². The third kappa shape index (κ3) is 3.35. The molecule has 0 amide bonds. The second-order valence-corrected chi connectivity index (χ2v) is 3.43. The Morgan fingerprint density at radius 3 is 2.67 bits per heavy atom. The predicted octanol–water partition coefficient (Wildman–Crippen LogP) is 1.99. The molecular weight excluding hydrogens is 220 g/mol. The van der Waals surface area contributed by atoms with Crippen molar-refractivity contribution >= 4 is 12.6 Å². The van der Waals surface area contributed by atoms with E-state index in [1.807, 2.05) is 0 Å². The molecule has 0 atom stereocenters. The highest BCUT2D eigenvalue weighted by molar-refractivity contribution is 7.80. The van der Waals surface area contributed by atoms with E-state index < -0.39 is 11.6 Å². The lowest BCUT2D eigenvalue weighted by Gasteiger charge is -2.07. The fourth-order valence-electron chi connectivity index (χ4n) is 1.16. The topological polar surface area (TPSA) is 21.3 Å². The van der Waals surface area contributed by atoms with Gasteiger partial charge in [0.1, 0.15) is 5.82 Å². The maximum Gasteiger partial charge on any atom is 0.165 e. The minimum Gasteiger partial charge on any atom is -0.494 e. The van der Waals surface area contributed by atoms with Crippen LogP contribution in [0.3, 0.4) is 0 Å².